The predicted octanol–water partition coefficient (Wildman–Crippen LogP) is 1.69. The highest BCUT2D eigenvalue weighted by Crippen LogP contribution is 2.22. The van der Waals surface area contributed by atoms with Crippen LogP contribution in [0.2, 0.25) is 0 Å². The van der Waals surface area contributed by atoms with Gasteiger partial charge >= 0.3 is 5.97 Å². The van der Waals surface area contributed by atoms with Crippen LogP contribution in [0, 0.1) is 11.8 Å². The molecule has 1 aromatic carbocycles. The lowest BCUT2D eigenvalue weighted by Gasteiger charge is -2.32. The lowest BCUT2D eigenvalue weighted by atomic mass is 9.96. The highest BCUT2D eigenvalue weighted by molar-refractivity contribution is 5.94. The van der Waals surface area contributed by atoms with Gasteiger partial charge in [-0.25, -0.2) is 4.79 Å². The highest BCUT2D eigenvalue weighted by atomic mass is 16.4. The average molecular weight is 489 g/mol. The number of nitrogens with two attached hydrogens (primary N) is 1. The molecule has 194 valence electrons. The summed E-state index contributed by atoms with van der Waals surface area (Å²) in [5.74, 6) is -2.42. The van der Waals surface area contributed by atoms with Crippen molar-refractivity contribution in [1.29, 1.82) is 0 Å². The fourth-order valence-corrected chi connectivity index (χ4v) is 4.35. The minimum absolute atomic E-state index is 0.0859. The first kappa shape index (κ1) is 28.3. The van der Waals surface area contributed by atoms with Gasteiger partial charge in [0.05, 0.1) is 6.04 Å². The Kier molecular flexibility index (Phi) is 10.7. The van der Waals surface area contributed by atoms with E-state index in [1.807, 2.05) is 58.0 Å². The maximum Gasteiger partial charge on any atom is 0.326 e. The Bertz CT molecular complexity index is 876. The molecule has 0 aliphatic carbocycles. The van der Waals surface area contributed by atoms with Gasteiger partial charge in [-0.15, -0.1) is 0 Å². The standard InChI is InChI=1S/C26H40N4O5/c1-5-17(4)22(29-23(31)19(27)15-18-10-7-6-8-11-18)25(33)30-13-9-12-21(30)24(32)28-20(26(34)35)14-16(2)3/h6-8,10-11,16-17,19-22H,5,9,12-15,27H2,1-4H3,(H,28,32)(H,29,31)(H,34,35). The smallest absolute Gasteiger partial charge is 0.326 e. The van der Waals surface area contributed by atoms with Gasteiger partial charge in [0.25, 0.3) is 0 Å². The molecule has 1 saturated heterocycles. The third kappa shape index (κ3) is 8.06. The van der Waals surface area contributed by atoms with E-state index in [-0.39, 0.29) is 17.7 Å². The van der Waals surface area contributed by atoms with Crippen LogP contribution >= 0.6 is 0 Å². The molecule has 1 aliphatic heterocycles. The van der Waals surface area contributed by atoms with E-state index in [9.17, 15) is 24.3 Å². The number of rotatable bonds is 12. The Morgan fingerprint density at radius 3 is 2.34 bits per heavy atom. The van der Waals surface area contributed by atoms with Crippen LogP contribution in [0.15, 0.2) is 30.3 Å². The number of nitrogens with zero attached hydrogens (tertiary/aromatic N) is 1. The summed E-state index contributed by atoms with van der Waals surface area (Å²) in [5.41, 5.74) is 7.06. The second kappa shape index (κ2) is 13.2. The molecular weight excluding hydrogens is 448 g/mol. The third-order valence-corrected chi connectivity index (χ3v) is 6.57. The molecule has 35 heavy (non-hydrogen) atoms. The molecule has 1 heterocycles. The van der Waals surface area contributed by atoms with Gasteiger partial charge in [0, 0.05) is 6.54 Å². The first-order valence-electron chi connectivity index (χ1n) is 12.5. The van der Waals surface area contributed by atoms with E-state index in [0.29, 0.717) is 38.6 Å². The number of carbonyl (C=O) groups is 4. The predicted molar refractivity (Wildman–Crippen MR) is 133 cm³/mol. The summed E-state index contributed by atoms with van der Waals surface area (Å²) >= 11 is 0. The largest absolute Gasteiger partial charge is 0.480 e. The van der Waals surface area contributed by atoms with Crippen molar-refractivity contribution >= 4 is 23.7 Å². The summed E-state index contributed by atoms with van der Waals surface area (Å²) in [6, 6.07) is 6.00. The number of carbonyl (C=O) groups excluding carboxylic acids is 3. The number of carboxylic acids is 1. The van der Waals surface area contributed by atoms with Crippen molar-refractivity contribution in [3.05, 3.63) is 35.9 Å². The van der Waals surface area contributed by atoms with E-state index in [2.05, 4.69) is 10.6 Å². The Hall–Kier alpha value is -2.94. The zero-order valence-electron chi connectivity index (χ0n) is 21.2. The number of hydrogen-bond acceptors (Lipinski definition) is 5. The van der Waals surface area contributed by atoms with Gasteiger partial charge in [0.1, 0.15) is 18.1 Å². The van der Waals surface area contributed by atoms with Crippen LogP contribution in [0.3, 0.4) is 0 Å². The molecule has 0 saturated carbocycles. The second-order valence-electron chi connectivity index (χ2n) is 9.89. The molecule has 9 heteroatoms. The Morgan fingerprint density at radius 2 is 1.77 bits per heavy atom. The average Bonchev–Trinajstić information content (AvgIpc) is 3.31. The molecule has 5 atom stereocenters. The van der Waals surface area contributed by atoms with Gasteiger partial charge < -0.3 is 26.4 Å². The summed E-state index contributed by atoms with van der Waals surface area (Å²) in [5, 5.41) is 14.9. The van der Waals surface area contributed by atoms with Crippen LogP contribution in [0.4, 0.5) is 0 Å². The zero-order valence-corrected chi connectivity index (χ0v) is 21.2. The Balaban J connectivity index is 2.11. The molecule has 3 amide bonds. The molecule has 0 bridgehead atoms. The van der Waals surface area contributed by atoms with Crippen molar-refractivity contribution in [1.82, 2.24) is 15.5 Å². The lowest BCUT2D eigenvalue weighted by molar-refractivity contribution is -0.145. The summed E-state index contributed by atoms with van der Waals surface area (Å²) in [4.78, 5) is 52.5. The Labute approximate surface area is 207 Å². The maximum absolute atomic E-state index is 13.5. The number of hydrogen-bond donors (Lipinski definition) is 4. The Morgan fingerprint density at radius 1 is 1.11 bits per heavy atom. The summed E-state index contributed by atoms with van der Waals surface area (Å²) in [7, 11) is 0. The minimum atomic E-state index is -1.10. The SMILES string of the molecule is CCC(C)C(NC(=O)C(N)Cc1ccccc1)C(=O)N1CCCC1C(=O)NC(CC(C)C)C(=O)O. The quantitative estimate of drug-likeness (QED) is 0.353. The van der Waals surface area contributed by atoms with Gasteiger partial charge in [-0.3, -0.25) is 14.4 Å². The number of benzene rings is 1. The normalized spacial score (nSPS) is 19.0. The van der Waals surface area contributed by atoms with Crippen molar-refractivity contribution in [2.75, 3.05) is 6.54 Å². The first-order valence-corrected chi connectivity index (χ1v) is 12.5. The van der Waals surface area contributed by atoms with Crippen molar-refractivity contribution in [3.8, 4) is 0 Å². The highest BCUT2D eigenvalue weighted by Gasteiger charge is 2.40. The van der Waals surface area contributed by atoms with Crippen LogP contribution in [-0.2, 0) is 25.6 Å². The van der Waals surface area contributed by atoms with Crippen LogP contribution in [-0.4, -0.2) is 64.4 Å². The molecule has 9 nitrogen and oxygen atoms in total. The molecule has 0 radical (unpaired) electrons. The molecule has 1 aliphatic rings. The van der Waals surface area contributed by atoms with E-state index in [1.165, 1.54) is 4.90 Å². The van der Waals surface area contributed by atoms with Crippen molar-refractivity contribution < 1.29 is 24.3 Å². The zero-order chi connectivity index (χ0) is 26.1. The fourth-order valence-electron chi connectivity index (χ4n) is 4.35. The number of carboxylic acid groups (broad SMARTS) is 1. The monoisotopic (exact) mass is 488 g/mol. The van der Waals surface area contributed by atoms with Crippen LogP contribution < -0.4 is 16.4 Å². The third-order valence-electron chi connectivity index (χ3n) is 6.57. The number of aliphatic carboxylic acids is 1. The van der Waals surface area contributed by atoms with Crippen LogP contribution in [0.5, 0.6) is 0 Å². The number of likely N-dealkylation sites (tertiary alicyclic amines) is 1. The van der Waals surface area contributed by atoms with Gasteiger partial charge in [0.2, 0.25) is 17.7 Å². The van der Waals surface area contributed by atoms with Gasteiger partial charge in [-0.05, 0) is 43.1 Å². The first-order chi connectivity index (χ1) is 16.5. The molecule has 5 N–H and O–H groups in total. The molecule has 1 fully saturated rings. The van der Waals surface area contributed by atoms with Crippen molar-refractivity contribution in [2.45, 2.75) is 84.0 Å². The molecule has 0 spiro atoms. The van der Waals surface area contributed by atoms with Crippen molar-refractivity contribution in [2.24, 2.45) is 17.6 Å². The van der Waals surface area contributed by atoms with E-state index in [1.54, 1.807) is 0 Å². The number of amides is 3. The lowest BCUT2D eigenvalue weighted by Crippen LogP contribution is -2.58. The molecular formula is C26H40N4O5. The van der Waals surface area contributed by atoms with Crippen LogP contribution in [0.1, 0.15) is 58.9 Å². The molecule has 5 unspecified atom stereocenters. The van der Waals surface area contributed by atoms with Gasteiger partial charge in [-0.1, -0.05) is 64.4 Å². The summed E-state index contributed by atoms with van der Waals surface area (Å²) < 4.78 is 0. The van der Waals surface area contributed by atoms with Crippen molar-refractivity contribution in [3.63, 3.8) is 0 Å². The van der Waals surface area contributed by atoms with Crippen LogP contribution in [0.25, 0.3) is 0 Å². The van der Waals surface area contributed by atoms with E-state index in [0.717, 1.165) is 5.56 Å². The summed E-state index contributed by atoms with van der Waals surface area (Å²) in [6.45, 7) is 7.95. The molecule has 1 aromatic rings. The van der Waals surface area contributed by atoms with E-state index >= 15 is 0 Å². The van der Waals surface area contributed by atoms with Gasteiger partial charge in [0.15, 0.2) is 0 Å². The number of nitrogens with one attached hydrogen (secondary N) is 2. The molecule has 0 aromatic heterocycles. The van der Waals surface area contributed by atoms with E-state index < -0.39 is 42.0 Å². The summed E-state index contributed by atoms with van der Waals surface area (Å²) in [6.07, 6.45) is 2.35. The second-order valence-corrected chi connectivity index (χ2v) is 9.89. The maximum atomic E-state index is 13.5. The minimum Gasteiger partial charge on any atom is -0.480 e. The fraction of sp³-hybridized carbons (Fsp3) is 0.615. The topological polar surface area (TPSA) is 142 Å². The van der Waals surface area contributed by atoms with Gasteiger partial charge in [-0.2, -0.15) is 0 Å². The molecule has 2 rings (SSSR count). The van der Waals surface area contributed by atoms with E-state index in [4.69, 9.17) is 5.73 Å².